The zero-order valence-corrected chi connectivity index (χ0v) is 20.0. The highest BCUT2D eigenvalue weighted by Crippen LogP contribution is 2.33. The second kappa shape index (κ2) is 10.4. The third-order valence-electron chi connectivity index (χ3n) is 5.23. The van der Waals surface area contributed by atoms with Gasteiger partial charge in [-0.15, -0.1) is 0 Å². The molecule has 2 heterocycles. The highest BCUT2D eigenvalue weighted by Gasteiger charge is 2.38. The van der Waals surface area contributed by atoms with E-state index in [0.29, 0.717) is 40.9 Å². The first-order valence-electron chi connectivity index (χ1n) is 10.4. The van der Waals surface area contributed by atoms with Crippen LogP contribution in [0.15, 0.2) is 18.2 Å². The number of methoxy groups -OCH3 is 1. The quantitative estimate of drug-likeness (QED) is 0.613. The first-order valence-corrected chi connectivity index (χ1v) is 11.1. The molecule has 2 unspecified atom stereocenters. The van der Waals surface area contributed by atoms with Crippen molar-refractivity contribution in [2.24, 2.45) is 0 Å². The molecule has 1 aromatic heterocycles. The molecule has 0 bridgehead atoms. The summed E-state index contributed by atoms with van der Waals surface area (Å²) in [6, 6.07) is 4.93. The maximum absolute atomic E-state index is 12.0. The molecule has 172 valence electrons. The van der Waals surface area contributed by atoms with Crippen LogP contribution >= 0.6 is 23.2 Å². The van der Waals surface area contributed by atoms with Gasteiger partial charge < -0.3 is 19.7 Å². The maximum Gasteiger partial charge on any atom is 0.409 e. The van der Waals surface area contributed by atoms with Crippen LogP contribution in [-0.4, -0.2) is 59.3 Å². The molecule has 10 heteroatoms. The number of rotatable bonds is 6. The summed E-state index contributed by atoms with van der Waals surface area (Å²) in [5.41, 5.74) is 2.97. The van der Waals surface area contributed by atoms with Crippen molar-refractivity contribution in [1.29, 1.82) is 0 Å². The number of aromatic nitrogens is 2. The average molecular weight is 481 g/mol. The Morgan fingerprint density at radius 1 is 1.16 bits per heavy atom. The largest absolute Gasteiger partial charge is 0.458 e. The van der Waals surface area contributed by atoms with Crippen molar-refractivity contribution < 1.29 is 19.1 Å². The van der Waals surface area contributed by atoms with Crippen LogP contribution in [-0.2, 0) is 27.1 Å². The van der Waals surface area contributed by atoms with Crippen molar-refractivity contribution in [3.8, 4) is 11.3 Å². The van der Waals surface area contributed by atoms with Crippen LogP contribution in [0.2, 0.25) is 10.0 Å². The number of carbonyl (C=O) groups is 2. The van der Waals surface area contributed by atoms with E-state index in [9.17, 15) is 9.59 Å². The van der Waals surface area contributed by atoms with E-state index in [4.69, 9.17) is 42.6 Å². The van der Waals surface area contributed by atoms with Crippen molar-refractivity contribution in [2.45, 2.75) is 45.8 Å². The molecule has 0 spiro atoms. The fourth-order valence-electron chi connectivity index (χ4n) is 3.71. The maximum atomic E-state index is 12.0. The van der Waals surface area contributed by atoms with Crippen LogP contribution in [0.1, 0.15) is 32.2 Å². The van der Waals surface area contributed by atoms with Crippen LogP contribution in [0, 0.1) is 0 Å². The standard InChI is InChI=1S/C22H26Cl2N4O4/c1-5-16-20(14-8-7-13(23)9-15(14)24)25-17(6-2)21(26-16)27-18-10-28(22(30)31-4)11-19(18)32-12(3)29/h7-9,18-19H,5-6,10-11H2,1-4H3,(H,26,27). The number of likely N-dealkylation sites (tertiary alicyclic amines) is 1. The smallest absolute Gasteiger partial charge is 0.409 e. The monoisotopic (exact) mass is 480 g/mol. The molecular weight excluding hydrogens is 455 g/mol. The van der Waals surface area contributed by atoms with E-state index >= 15 is 0 Å². The number of hydrogen-bond acceptors (Lipinski definition) is 7. The van der Waals surface area contributed by atoms with Gasteiger partial charge in [-0.2, -0.15) is 0 Å². The summed E-state index contributed by atoms with van der Waals surface area (Å²) in [5, 5.41) is 4.40. The lowest BCUT2D eigenvalue weighted by Gasteiger charge is -2.22. The van der Waals surface area contributed by atoms with Crippen molar-refractivity contribution in [2.75, 3.05) is 25.5 Å². The summed E-state index contributed by atoms with van der Waals surface area (Å²) >= 11 is 12.5. The van der Waals surface area contributed by atoms with Crippen molar-refractivity contribution >= 4 is 41.1 Å². The molecule has 8 nitrogen and oxygen atoms in total. The minimum Gasteiger partial charge on any atom is -0.458 e. The van der Waals surface area contributed by atoms with Crippen molar-refractivity contribution in [3.63, 3.8) is 0 Å². The Kier molecular flexibility index (Phi) is 7.79. The summed E-state index contributed by atoms with van der Waals surface area (Å²) in [6.45, 7) is 5.85. The number of nitrogens with zero attached hydrogens (tertiary/aromatic N) is 3. The number of hydrogen-bond donors (Lipinski definition) is 1. The molecule has 0 aliphatic carbocycles. The SMILES string of the molecule is CCc1nc(-c2ccc(Cl)cc2Cl)c(CC)nc1NC1CN(C(=O)OC)CC1OC(C)=O. The summed E-state index contributed by atoms with van der Waals surface area (Å²) in [4.78, 5) is 34.8. The molecular formula is C22H26Cl2N4O4. The van der Waals surface area contributed by atoms with Gasteiger partial charge in [0.15, 0.2) is 0 Å². The molecule has 1 fully saturated rings. The van der Waals surface area contributed by atoms with Crippen LogP contribution in [0.3, 0.4) is 0 Å². The fraction of sp³-hybridized carbons (Fsp3) is 0.455. The number of carbonyl (C=O) groups excluding carboxylic acids is 2. The molecule has 0 radical (unpaired) electrons. The highest BCUT2D eigenvalue weighted by atomic mass is 35.5. The third-order valence-corrected chi connectivity index (χ3v) is 5.78. The third kappa shape index (κ3) is 5.24. The number of halogens is 2. The van der Waals surface area contributed by atoms with E-state index in [0.717, 1.165) is 17.0 Å². The van der Waals surface area contributed by atoms with E-state index in [1.807, 2.05) is 19.9 Å². The van der Waals surface area contributed by atoms with Crippen molar-refractivity contribution in [1.82, 2.24) is 14.9 Å². The number of nitrogens with one attached hydrogen (secondary N) is 1. The lowest BCUT2D eigenvalue weighted by Crippen LogP contribution is -2.36. The van der Waals surface area contributed by atoms with Gasteiger partial charge in [-0.25, -0.2) is 14.8 Å². The lowest BCUT2D eigenvalue weighted by atomic mass is 10.1. The molecule has 2 atom stereocenters. The Hall–Kier alpha value is -2.58. The Morgan fingerprint density at radius 3 is 2.47 bits per heavy atom. The van der Waals surface area contributed by atoms with E-state index < -0.39 is 18.2 Å². The zero-order chi connectivity index (χ0) is 23.4. The van der Waals surface area contributed by atoms with Crippen LogP contribution in [0.25, 0.3) is 11.3 Å². The van der Waals surface area contributed by atoms with Gasteiger partial charge in [-0.05, 0) is 31.0 Å². The number of benzene rings is 1. The minimum absolute atomic E-state index is 0.234. The molecule has 1 saturated heterocycles. The molecule has 0 saturated carbocycles. The Balaban J connectivity index is 1.96. The molecule has 1 aromatic carbocycles. The first-order chi connectivity index (χ1) is 15.3. The number of aryl methyl sites for hydroxylation is 2. The van der Waals surface area contributed by atoms with Crippen LogP contribution < -0.4 is 5.32 Å². The van der Waals surface area contributed by atoms with E-state index in [1.165, 1.54) is 18.9 Å². The number of anilines is 1. The second-order valence-electron chi connectivity index (χ2n) is 7.42. The average Bonchev–Trinajstić information content (AvgIpc) is 3.14. The zero-order valence-electron chi connectivity index (χ0n) is 18.4. The van der Waals surface area contributed by atoms with Gasteiger partial charge in [-0.1, -0.05) is 37.0 Å². The molecule has 2 aromatic rings. The number of esters is 1. The minimum atomic E-state index is -0.534. The summed E-state index contributed by atoms with van der Waals surface area (Å²) in [6.07, 6.45) is 0.235. The number of ether oxygens (including phenoxy) is 2. The van der Waals surface area contributed by atoms with Gasteiger partial charge in [0, 0.05) is 24.1 Å². The van der Waals surface area contributed by atoms with Gasteiger partial charge in [0.25, 0.3) is 0 Å². The normalized spacial score (nSPS) is 17.9. The Morgan fingerprint density at radius 2 is 1.88 bits per heavy atom. The molecule has 1 aliphatic heterocycles. The Labute approximate surface area is 197 Å². The van der Waals surface area contributed by atoms with Gasteiger partial charge in [0.2, 0.25) is 0 Å². The fourth-order valence-corrected chi connectivity index (χ4v) is 4.21. The molecule has 1 aliphatic rings. The summed E-state index contributed by atoms with van der Waals surface area (Å²) < 4.78 is 10.3. The Bertz CT molecular complexity index is 1020. The summed E-state index contributed by atoms with van der Waals surface area (Å²) in [5.74, 6) is 0.171. The molecule has 1 N–H and O–H groups in total. The van der Waals surface area contributed by atoms with Crippen molar-refractivity contribution in [3.05, 3.63) is 39.6 Å². The van der Waals surface area contributed by atoms with Crippen LogP contribution in [0.5, 0.6) is 0 Å². The van der Waals surface area contributed by atoms with Crippen LogP contribution in [0.4, 0.5) is 10.6 Å². The molecule has 3 rings (SSSR count). The van der Waals surface area contributed by atoms with Gasteiger partial charge >= 0.3 is 12.1 Å². The number of amides is 1. The lowest BCUT2D eigenvalue weighted by molar-refractivity contribution is -0.145. The second-order valence-corrected chi connectivity index (χ2v) is 8.26. The molecule has 1 amide bonds. The van der Waals surface area contributed by atoms with E-state index in [-0.39, 0.29) is 12.6 Å². The van der Waals surface area contributed by atoms with E-state index in [2.05, 4.69) is 5.32 Å². The summed E-state index contributed by atoms with van der Waals surface area (Å²) in [7, 11) is 1.32. The topological polar surface area (TPSA) is 93.7 Å². The van der Waals surface area contributed by atoms with Gasteiger partial charge in [0.1, 0.15) is 11.9 Å². The predicted octanol–water partition coefficient (Wildman–Crippen LogP) is 4.37. The van der Waals surface area contributed by atoms with Gasteiger partial charge in [0.05, 0.1) is 41.8 Å². The predicted molar refractivity (Wildman–Crippen MR) is 123 cm³/mol. The highest BCUT2D eigenvalue weighted by molar-refractivity contribution is 6.36. The first kappa shape index (κ1) is 24.1. The van der Waals surface area contributed by atoms with Gasteiger partial charge in [-0.3, -0.25) is 4.79 Å². The van der Waals surface area contributed by atoms with E-state index in [1.54, 1.807) is 12.1 Å². The molecule has 32 heavy (non-hydrogen) atoms.